The van der Waals surface area contributed by atoms with Crippen molar-refractivity contribution in [3.8, 4) is 0 Å². The third-order valence-electron chi connectivity index (χ3n) is 8.04. The maximum Gasteiger partial charge on any atom is 0.178 e. The normalized spacial score (nSPS) is 48.4. The van der Waals surface area contributed by atoms with Crippen LogP contribution in [0.5, 0.6) is 0 Å². The minimum atomic E-state index is -0.482. The Balaban J connectivity index is 1.71. The van der Waals surface area contributed by atoms with Crippen molar-refractivity contribution in [1.82, 2.24) is 0 Å². The molecule has 6 unspecified atom stereocenters. The van der Waals surface area contributed by atoms with E-state index in [0.29, 0.717) is 18.3 Å². The lowest BCUT2D eigenvalue weighted by Gasteiger charge is -2.58. The summed E-state index contributed by atoms with van der Waals surface area (Å²) in [5.41, 5.74) is 0.688. The summed E-state index contributed by atoms with van der Waals surface area (Å²) in [7, 11) is 0. The molecular weight excluding hydrogens is 316 g/mol. The first kappa shape index (κ1) is 17.2. The van der Waals surface area contributed by atoms with E-state index in [4.69, 9.17) is 0 Å². The Hall–Kier alpha value is -1.26. The topological polar surface area (TPSA) is 74.6 Å². The Morgan fingerprint density at radius 1 is 1.28 bits per heavy atom. The van der Waals surface area contributed by atoms with Crippen LogP contribution in [0.4, 0.5) is 0 Å². The van der Waals surface area contributed by atoms with Crippen LogP contribution < -0.4 is 0 Å². The van der Waals surface area contributed by atoms with Crippen LogP contribution >= 0.6 is 0 Å². The number of fused-ring (bicyclic) bond motifs is 5. The van der Waals surface area contributed by atoms with Crippen LogP contribution in [0.2, 0.25) is 0 Å². The molecule has 0 spiro atoms. The average Bonchev–Trinajstić information content (AvgIpc) is 2.91. The molecule has 0 aromatic carbocycles. The van der Waals surface area contributed by atoms with Crippen molar-refractivity contribution >= 4 is 11.6 Å². The van der Waals surface area contributed by atoms with Gasteiger partial charge in [-0.25, -0.2) is 0 Å². The highest BCUT2D eigenvalue weighted by Gasteiger charge is 2.62. The van der Waals surface area contributed by atoms with Crippen molar-refractivity contribution in [2.45, 2.75) is 52.1 Å². The zero-order valence-electron chi connectivity index (χ0n) is 15.1. The predicted molar refractivity (Wildman–Crippen MR) is 93.6 cm³/mol. The molecule has 0 aromatic heterocycles. The number of aliphatic hydroxyl groups excluding tert-OH is 2. The Morgan fingerprint density at radius 3 is 2.76 bits per heavy atom. The molecule has 4 nitrogen and oxygen atoms in total. The molecule has 7 atom stereocenters. The fraction of sp³-hybridized carbons (Fsp3) is 0.714. The van der Waals surface area contributed by atoms with Crippen LogP contribution in [0.3, 0.4) is 0 Å². The average molecular weight is 344 g/mol. The summed E-state index contributed by atoms with van der Waals surface area (Å²) in [6.07, 6.45) is 9.25. The largest absolute Gasteiger partial charge is 0.393 e. The van der Waals surface area contributed by atoms with E-state index in [1.165, 1.54) is 0 Å². The molecule has 136 valence electrons. The van der Waals surface area contributed by atoms with Crippen molar-refractivity contribution < 1.29 is 19.8 Å². The molecule has 4 aliphatic rings. The summed E-state index contributed by atoms with van der Waals surface area (Å²) < 4.78 is 0. The molecule has 4 rings (SSSR count). The fourth-order valence-electron chi connectivity index (χ4n) is 6.96. The van der Waals surface area contributed by atoms with E-state index in [2.05, 4.69) is 13.8 Å². The summed E-state index contributed by atoms with van der Waals surface area (Å²) in [6.45, 7) is 3.92. The minimum Gasteiger partial charge on any atom is -0.393 e. The van der Waals surface area contributed by atoms with Gasteiger partial charge in [0.1, 0.15) is 6.61 Å². The van der Waals surface area contributed by atoms with Gasteiger partial charge in [0, 0.05) is 17.3 Å². The number of carbonyl (C=O) groups is 2. The predicted octanol–water partition coefficient (Wildman–Crippen LogP) is 2.44. The van der Waals surface area contributed by atoms with Gasteiger partial charge in [0.15, 0.2) is 11.6 Å². The lowest BCUT2D eigenvalue weighted by Crippen LogP contribution is -2.56. The Bertz CT molecular complexity index is 677. The summed E-state index contributed by atoms with van der Waals surface area (Å²) in [5, 5.41) is 20.5. The van der Waals surface area contributed by atoms with Crippen LogP contribution in [0.25, 0.3) is 0 Å². The van der Waals surface area contributed by atoms with Gasteiger partial charge in [0.25, 0.3) is 0 Å². The number of hydrogen-bond donors (Lipinski definition) is 2. The Morgan fingerprint density at radius 2 is 2.04 bits per heavy atom. The Labute approximate surface area is 149 Å². The van der Waals surface area contributed by atoms with Crippen LogP contribution in [-0.4, -0.2) is 34.5 Å². The molecule has 0 saturated heterocycles. The lowest BCUT2D eigenvalue weighted by molar-refractivity contribution is -0.141. The zero-order valence-corrected chi connectivity index (χ0v) is 15.1. The third-order valence-corrected chi connectivity index (χ3v) is 8.04. The second kappa shape index (κ2) is 5.62. The van der Waals surface area contributed by atoms with Gasteiger partial charge in [-0.3, -0.25) is 9.59 Å². The van der Waals surface area contributed by atoms with E-state index < -0.39 is 12.7 Å². The highest BCUT2D eigenvalue weighted by Crippen LogP contribution is 2.65. The van der Waals surface area contributed by atoms with E-state index in [0.717, 1.165) is 31.3 Å². The highest BCUT2D eigenvalue weighted by atomic mass is 16.3. The SMILES string of the molecule is CC12C=CC(=O)C=C1CCC1C2C(O)C[C@]2(C)C(C(=O)CO)CCC12. The second-order valence-corrected chi connectivity index (χ2v) is 9.05. The zero-order chi connectivity index (χ0) is 18.0. The molecule has 0 radical (unpaired) electrons. The van der Waals surface area contributed by atoms with E-state index >= 15 is 0 Å². The number of allylic oxidation sites excluding steroid dienone is 4. The first-order chi connectivity index (χ1) is 11.8. The number of carbonyl (C=O) groups excluding carboxylic acids is 2. The number of Topliss-reactive ketones (excluding diaryl/α,β-unsaturated/α-hetero) is 1. The molecule has 3 saturated carbocycles. The lowest BCUT2D eigenvalue weighted by atomic mass is 9.46. The fourth-order valence-corrected chi connectivity index (χ4v) is 6.96. The van der Waals surface area contributed by atoms with E-state index in [9.17, 15) is 19.8 Å². The smallest absolute Gasteiger partial charge is 0.178 e. The molecule has 4 heteroatoms. The van der Waals surface area contributed by atoms with E-state index in [1.807, 2.05) is 6.08 Å². The van der Waals surface area contributed by atoms with Crippen molar-refractivity contribution in [3.63, 3.8) is 0 Å². The van der Waals surface area contributed by atoms with E-state index in [1.54, 1.807) is 12.2 Å². The molecular formula is C21H28O4. The van der Waals surface area contributed by atoms with Gasteiger partial charge in [0.2, 0.25) is 0 Å². The highest BCUT2D eigenvalue weighted by molar-refractivity contribution is 6.01. The maximum absolute atomic E-state index is 12.3. The molecule has 0 bridgehead atoms. The number of aliphatic hydroxyl groups is 2. The molecule has 3 fully saturated rings. The van der Waals surface area contributed by atoms with Crippen LogP contribution in [0.15, 0.2) is 23.8 Å². The van der Waals surface area contributed by atoms with Gasteiger partial charge in [0.05, 0.1) is 6.10 Å². The molecule has 25 heavy (non-hydrogen) atoms. The summed E-state index contributed by atoms with van der Waals surface area (Å²) in [5.74, 6) is 0.734. The Kier molecular flexibility index (Phi) is 3.86. The second-order valence-electron chi connectivity index (χ2n) is 9.05. The molecule has 4 aliphatic carbocycles. The maximum atomic E-state index is 12.3. The molecule has 0 aliphatic heterocycles. The summed E-state index contributed by atoms with van der Waals surface area (Å²) in [4.78, 5) is 24.1. The summed E-state index contributed by atoms with van der Waals surface area (Å²) >= 11 is 0. The minimum absolute atomic E-state index is 0.0514. The van der Waals surface area contributed by atoms with Crippen molar-refractivity contribution in [2.75, 3.05) is 6.61 Å². The molecule has 0 amide bonds. The number of ketones is 2. The van der Waals surface area contributed by atoms with Crippen molar-refractivity contribution in [2.24, 2.45) is 34.5 Å². The third kappa shape index (κ3) is 2.26. The molecule has 0 heterocycles. The molecule has 2 N–H and O–H groups in total. The molecule has 0 aromatic rings. The van der Waals surface area contributed by atoms with Crippen molar-refractivity contribution in [3.05, 3.63) is 23.8 Å². The number of hydrogen-bond acceptors (Lipinski definition) is 4. The van der Waals surface area contributed by atoms with Crippen LogP contribution in [0, 0.1) is 34.5 Å². The van der Waals surface area contributed by atoms with Gasteiger partial charge in [-0.1, -0.05) is 25.5 Å². The van der Waals surface area contributed by atoms with Crippen LogP contribution in [-0.2, 0) is 9.59 Å². The summed E-state index contributed by atoms with van der Waals surface area (Å²) in [6, 6.07) is 0. The van der Waals surface area contributed by atoms with E-state index in [-0.39, 0.29) is 34.2 Å². The van der Waals surface area contributed by atoms with Crippen molar-refractivity contribution in [1.29, 1.82) is 0 Å². The van der Waals surface area contributed by atoms with Gasteiger partial charge < -0.3 is 10.2 Å². The van der Waals surface area contributed by atoms with Gasteiger partial charge in [-0.15, -0.1) is 0 Å². The quantitative estimate of drug-likeness (QED) is 0.807. The standard InChI is InChI=1S/C21H28O4/c1-20-8-7-13(23)9-12(20)3-4-14-15-5-6-16(18(25)11-22)21(15,2)10-17(24)19(14)20/h7-9,14-17,19,22,24H,3-6,10-11H2,1-2H3/t14?,15?,16?,17?,19?,20?,21-/m0/s1. The first-order valence-electron chi connectivity index (χ1n) is 9.57. The first-order valence-corrected chi connectivity index (χ1v) is 9.57. The van der Waals surface area contributed by atoms with Gasteiger partial charge >= 0.3 is 0 Å². The number of rotatable bonds is 2. The van der Waals surface area contributed by atoms with Gasteiger partial charge in [-0.05, 0) is 61.5 Å². The van der Waals surface area contributed by atoms with Gasteiger partial charge in [-0.2, -0.15) is 0 Å². The monoisotopic (exact) mass is 344 g/mol. The van der Waals surface area contributed by atoms with Crippen LogP contribution in [0.1, 0.15) is 46.0 Å².